The van der Waals surface area contributed by atoms with E-state index in [0.717, 1.165) is 35.1 Å². The van der Waals surface area contributed by atoms with E-state index in [4.69, 9.17) is 14.7 Å². The summed E-state index contributed by atoms with van der Waals surface area (Å²) in [5.41, 5.74) is 3.90. The first-order chi connectivity index (χ1) is 14.8. The Balaban J connectivity index is 1.56. The van der Waals surface area contributed by atoms with E-state index in [2.05, 4.69) is 45.7 Å². The molecule has 158 valence electrons. The Kier molecular flexibility index (Phi) is 5.49. The zero-order chi connectivity index (χ0) is 22.2. The van der Waals surface area contributed by atoms with Gasteiger partial charge in [-0.05, 0) is 55.9 Å². The minimum Gasteiger partial charge on any atom is -0.439 e. The number of hydrogen-bond acceptors (Lipinski definition) is 5. The lowest BCUT2D eigenvalue weighted by atomic mass is 9.93. The van der Waals surface area contributed by atoms with Gasteiger partial charge in [0.1, 0.15) is 11.6 Å². The molecule has 4 rings (SSSR count). The van der Waals surface area contributed by atoms with E-state index >= 15 is 0 Å². The van der Waals surface area contributed by atoms with Crippen LogP contribution >= 0.6 is 0 Å². The number of nitrogens with zero attached hydrogens (tertiary/aromatic N) is 4. The molecular formula is C26H28N4O. The van der Waals surface area contributed by atoms with Crippen molar-refractivity contribution < 1.29 is 4.74 Å². The van der Waals surface area contributed by atoms with Crippen LogP contribution in [-0.2, 0) is 5.41 Å². The van der Waals surface area contributed by atoms with Crippen LogP contribution in [0, 0.1) is 31.1 Å². The summed E-state index contributed by atoms with van der Waals surface area (Å²) in [5.74, 6) is 2.32. The van der Waals surface area contributed by atoms with E-state index in [1.165, 1.54) is 5.56 Å². The zero-order valence-corrected chi connectivity index (χ0v) is 18.8. The SMILES string of the molecule is Cc1nc(C(C)(C)C)nc(C)c1C1CC1C(C#N)c1cccc(Oc2ccccc2)n1. The summed E-state index contributed by atoms with van der Waals surface area (Å²) < 4.78 is 5.87. The lowest BCUT2D eigenvalue weighted by Crippen LogP contribution is -2.18. The van der Waals surface area contributed by atoms with Crippen molar-refractivity contribution in [3.8, 4) is 17.7 Å². The van der Waals surface area contributed by atoms with E-state index in [1.54, 1.807) is 0 Å². The van der Waals surface area contributed by atoms with E-state index in [-0.39, 0.29) is 17.3 Å². The van der Waals surface area contributed by atoms with Gasteiger partial charge in [0.2, 0.25) is 5.88 Å². The van der Waals surface area contributed by atoms with Crippen LogP contribution in [0.2, 0.25) is 0 Å². The summed E-state index contributed by atoms with van der Waals surface area (Å²) in [5, 5.41) is 9.96. The highest BCUT2D eigenvalue weighted by Crippen LogP contribution is 2.55. The maximum atomic E-state index is 9.96. The first kappa shape index (κ1) is 21.0. The Morgan fingerprint density at radius 2 is 1.65 bits per heavy atom. The minimum atomic E-state index is -0.287. The van der Waals surface area contributed by atoms with Crippen molar-refractivity contribution in [3.05, 3.63) is 77.0 Å². The van der Waals surface area contributed by atoms with E-state index in [0.29, 0.717) is 11.8 Å². The summed E-state index contributed by atoms with van der Waals surface area (Å²) in [6, 6.07) is 17.7. The predicted molar refractivity (Wildman–Crippen MR) is 120 cm³/mol. The highest BCUT2D eigenvalue weighted by atomic mass is 16.5. The van der Waals surface area contributed by atoms with Gasteiger partial charge < -0.3 is 4.74 Å². The molecule has 0 spiro atoms. The van der Waals surface area contributed by atoms with Crippen LogP contribution in [0.25, 0.3) is 0 Å². The van der Waals surface area contributed by atoms with Crippen molar-refractivity contribution in [2.24, 2.45) is 5.92 Å². The molecule has 0 aliphatic heterocycles. The van der Waals surface area contributed by atoms with Gasteiger partial charge in [-0.2, -0.15) is 5.26 Å². The van der Waals surface area contributed by atoms with E-state index in [9.17, 15) is 5.26 Å². The molecule has 1 aliphatic carbocycles. The molecule has 1 aromatic carbocycles. The van der Waals surface area contributed by atoms with Crippen molar-refractivity contribution in [1.29, 1.82) is 5.26 Å². The standard InChI is InChI=1S/C26H28N4O/c1-16-24(17(2)29-25(28-16)26(3,4)5)20-14-19(20)21(15-27)22-12-9-13-23(30-22)31-18-10-7-6-8-11-18/h6-13,19-21H,14H2,1-5H3. The molecule has 5 nitrogen and oxygen atoms in total. The Bertz CT molecular complexity index is 1110. The first-order valence-corrected chi connectivity index (χ1v) is 10.7. The summed E-state index contributed by atoms with van der Waals surface area (Å²) >= 11 is 0. The number of aryl methyl sites for hydroxylation is 2. The second kappa shape index (κ2) is 8.11. The fraction of sp³-hybridized carbons (Fsp3) is 0.385. The number of para-hydroxylation sites is 1. The molecule has 3 aromatic rings. The number of ether oxygens (including phenoxy) is 1. The van der Waals surface area contributed by atoms with Gasteiger partial charge in [-0.1, -0.05) is 45.0 Å². The average Bonchev–Trinajstić information content (AvgIpc) is 3.48. The predicted octanol–water partition coefficient (Wildman–Crippen LogP) is 5.99. The molecule has 0 N–H and O–H groups in total. The molecular weight excluding hydrogens is 384 g/mol. The first-order valence-electron chi connectivity index (χ1n) is 10.7. The van der Waals surface area contributed by atoms with Crippen molar-refractivity contribution >= 4 is 0 Å². The third-order valence-electron chi connectivity index (χ3n) is 5.80. The van der Waals surface area contributed by atoms with Crippen LogP contribution in [0.4, 0.5) is 0 Å². The van der Waals surface area contributed by atoms with Crippen molar-refractivity contribution in [2.45, 2.75) is 58.3 Å². The molecule has 1 fully saturated rings. The van der Waals surface area contributed by atoms with Gasteiger partial charge in [-0.15, -0.1) is 0 Å². The number of rotatable bonds is 5. The van der Waals surface area contributed by atoms with Crippen LogP contribution in [-0.4, -0.2) is 15.0 Å². The molecule has 1 saturated carbocycles. The fourth-order valence-corrected chi connectivity index (χ4v) is 4.16. The molecule has 5 heteroatoms. The number of pyridine rings is 1. The van der Waals surface area contributed by atoms with Gasteiger partial charge in [0, 0.05) is 22.9 Å². The van der Waals surface area contributed by atoms with Crippen LogP contribution in [0.1, 0.15) is 67.5 Å². The highest BCUT2D eigenvalue weighted by molar-refractivity contribution is 5.38. The van der Waals surface area contributed by atoms with Crippen LogP contribution < -0.4 is 4.74 Å². The minimum absolute atomic E-state index is 0.0880. The molecule has 2 aromatic heterocycles. The quantitative estimate of drug-likeness (QED) is 0.515. The number of benzene rings is 1. The molecule has 3 unspecified atom stereocenters. The van der Waals surface area contributed by atoms with Gasteiger partial charge >= 0.3 is 0 Å². The van der Waals surface area contributed by atoms with Crippen molar-refractivity contribution in [2.75, 3.05) is 0 Å². The second-order valence-electron chi connectivity index (χ2n) is 9.31. The number of nitriles is 1. The third-order valence-corrected chi connectivity index (χ3v) is 5.80. The Hall–Kier alpha value is -3.26. The Morgan fingerprint density at radius 3 is 2.26 bits per heavy atom. The molecule has 31 heavy (non-hydrogen) atoms. The lowest BCUT2D eigenvalue weighted by Gasteiger charge is -2.20. The molecule has 2 heterocycles. The lowest BCUT2D eigenvalue weighted by molar-refractivity contribution is 0.459. The summed E-state index contributed by atoms with van der Waals surface area (Å²) in [6.45, 7) is 10.5. The molecule has 0 saturated heterocycles. The van der Waals surface area contributed by atoms with Gasteiger partial charge in [-0.25, -0.2) is 15.0 Å². The number of aromatic nitrogens is 3. The van der Waals surface area contributed by atoms with Crippen LogP contribution in [0.15, 0.2) is 48.5 Å². The monoisotopic (exact) mass is 412 g/mol. The van der Waals surface area contributed by atoms with Gasteiger partial charge in [-0.3, -0.25) is 0 Å². The summed E-state index contributed by atoms with van der Waals surface area (Å²) in [7, 11) is 0. The van der Waals surface area contributed by atoms with Gasteiger partial charge in [0.15, 0.2) is 0 Å². The maximum absolute atomic E-state index is 9.96. The van der Waals surface area contributed by atoms with Gasteiger partial charge in [0.25, 0.3) is 0 Å². The summed E-state index contributed by atoms with van der Waals surface area (Å²) in [4.78, 5) is 14.2. The van der Waals surface area contributed by atoms with Crippen molar-refractivity contribution in [3.63, 3.8) is 0 Å². The van der Waals surface area contributed by atoms with E-state index in [1.807, 2.05) is 48.5 Å². The van der Waals surface area contributed by atoms with Gasteiger partial charge in [0.05, 0.1) is 17.7 Å². The van der Waals surface area contributed by atoms with Crippen LogP contribution in [0.5, 0.6) is 11.6 Å². The molecule has 0 bridgehead atoms. The molecule has 0 amide bonds. The largest absolute Gasteiger partial charge is 0.439 e. The Morgan fingerprint density at radius 1 is 0.968 bits per heavy atom. The van der Waals surface area contributed by atoms with Crippen LogP contribution in [0.3, 0.4) is 0 Å². The van der Waals surface area contributed by atoms with Crippen molar-refractivity contribution in [1.82, 2.24) is 15.0 Å². The smallest absolute Gasteiger partial charge is 0.219 e. The molecule has 0 radical (unpaired) electrons. The zero-order valence-electron chi connectivity index (χ0n) is 18.8. The Labute approximate surface area is 184 Å². The average molecular weight is 413 g/mol. The topological polar surface area (TPSA) is 71.7 Å². The highest BCUT2D eigenvalue weighted by Gasteiger charge is 2.47. The molecule has 3 atom stereocenters. The normalized spacial score (nSPS) is 18.8. The maximum Gasteiger partial charge on any atom is 0.219 e. The second-order valence-corrected chi connectivity index (χ2v) is 9.31. The van der Waals surface area contributed by atoms with E-state index < -0.39 is 0 Å². The number of hydrogen-bond donors (Lipinski definition) is 0. The third kappa shape index (κ3) is 4.44. The summed E-state index contributed by atoms with van der Waals surface area (Å²) in [6.07, 6.45) is 0.948. The molecule has 1 aliphatic rings. The fourth-order valence-electron chi connectivity index (χ4n) is 4.16.